The minimum Gasteiger partial charge on any atom is -0.493 e. The molecule has 0 fully saturated rings. The van der Waals surface area contributed by atoms with Gasteiger partial charge in [-0.1, -0.05) is 23.9 Å². The fourth-order valence-electron chi connectivity index (χ4n) is 3.68. The van der Waals surface area contributed by atoms with Crippen LogP contribution in [0.3, 0.4) is 0 Å². The molecule has 0 unspecified atom stereocenters. The number of nitriles is 1. The van der Waals surface area contributed by atoms with Crippen LogP contribution in [0, 0.1) is 21.4 Å². The van der Waals surface area contributed by atoms with Crippen LogP contribution in [-0.4, -0.2) is 38.7 Å². The second-order valence-electron chi connectivity index (χ2n) is 7.69. The number of methoxy groups -OCH3 is 2. The number of rotatable bonds is 7. The summed E-state index contributed by atoms with van der Waals surface area (Å²) in [6, 6.07) is 19.2. The number of aromatic nitrogens is 4. The maximum atomic E-state index is 11.0. The molecule has 0 bridgehead atoms. The highest BCUT2D eigenvalue weighted by Crippen LogP contribution is 2.35. The summed E-state index contributed by atoms with van der Waals surface area (Å²) in [5.41, 5.74) is 3.48. The van der Waals surface area contributed by atoms with Crippen LogP contribution in [0.1, 0.15) is 11.1 Å². The molecule has 0 N–H and O–H groups in total. The van der Waals surface area contributed by atoms with Gasteiger partial charge in [0.05, 0.1) is 36.3 Å². The zero-order valence-electron chi connectivity index (χ0n) is 19.2. The molecule has 36 heavy (non-hydrogen) atoms. The topological polar surface area (TPSA) is 128 Å². The Morgan fingerprint density at radius 2 is 1.72 bits per heavy atom. The first-order chi connectivity index (χ1) is 17.5. The number of nitro groups is 1. The number of nitrogens with zero attached hydrogens (tertiary/aromatic N) is 6. The van der Waals surface area contributed by atoms with Crippen LogP contribution >= 0.6 is 11.8 Å². The van der Waals surface area contributed by atoms with E-state index in [9.17, 15) is 10.1 Å². The van der Waals surface area contributed by atoms with Crippen LogP contribution in [0.25, 0.3) is 27.9 Å². The fourth-order valence-corrected chi connectivity index (χ4v) is 4.58. The minimum atomic E-state index is -0.449. The van der Waals surface area contributed by atoms with Crippen LogP contribution < -0.4 is 9.47 Å². The maximum Gasteiger partial charge on any atom is 0.269 e. The van der Waals surface area contributed by atoms with Gasteiger partial charge in [-0.3, -0.25) is 10.1 Å². The van der Waals surface area contributed by atoms with E-state index in [1.165, 1.54) is 23.9 Å². The van der Waals surface area contributed by atoms with E-state index in [0.29, 0.717) is 50.5 Å². The van der Waals surface area contributed by atoms with Gasteiger partial charge >= 0.3 is 0 Å². The number of ether oxygens (including phenoxy) is 2. The normalized spacial score (nSPS) is 10.9. The molecule has 0 saturated carbocycles. The Kier molecular flexibility index (Phi) is 6.10. The van der Waals surface area contributed by atoms with Crippen LogP contribution in [-0.2, 0) is 5.75 Å². The van der Waals surface area contributed by atoms with E-state index >= 15 is 0 Å². The summed E-state index contributed by atoms with van der Waals surface area (Å²) in [7, 11) is 3.12. The number of thioether (sulfide) groups is 1. The average Bonchev–Trinajstić information content (AvgIpc) is 3.37. The third kappa shape index (κ3) is 4.25. The van der Waals surface area contributed by atoms with Crippen molar-refractivity contribution < 1.29 is 14.4 Å². The average molecular weight is 499 g/mol. The van der Waals surface area contributed by atoms with Gasteiger partial charge < -0.3 is 9.47 Å². The monoisotopic (exact) mass is 498 g/mol. The molecule has 0 spiro atoms. The summed E-state index contributed by atoms with van der Waals surface area (Å²) in [5.74, 6) is 2.08. The lowest BCUT2D eigenvalue weighted by atomic mass is 10.2. The van der Waals surface area contributed by atoms with Gasteiger partial charge in [-0.15, -0.1) is 5.10 Å². The summed E-state index contributed by atoms with van der Waals surface area (Å²) in [6.07, 6.45) is 0. The molecule has 178 valence electrons. The molecule has 0 radical (unpaired) electrons. The van der Waals surface area contributed by atoms with Gasteiger partial charge in [0.2, 0.25) is 0 Å². The zero-order valence-corrected chi connectivity index (χ0v) is 20.0. The highest BCUT2D eigenvalue weighted by molar-refractivity contribution is 7.98. The van der Waals surface area contributed by atoms with E-state index in [0.717, 1.165) is 10.9 Å². The molecule has 2 heterocycles. The third-order valence-electron chi connectivity index (χ3n) is 5.53. The maximum absolute atomic E-state index is 11.0. The summed E-state index contributed by atoms with van der Waals surface area (Å²) >= 11 is 1.47. The lowest BCUT2D eigenvalue weighted by Gasteiger charge is -2.11. The number of fused-ring (bicyclic) bond motifs is 3. The Morgan fingerprint density at radius 3 is 2.36 bits per heavy atom. The Balaban J connectivity index is 1.63. The van der Waals surface area contributed by atoms with Crippen molar-refractivity contribution >= 4 is 34.0 Å². The van der Waals surface area contributed by atoms with Crippen molar-refractivity contribution in [2.24, 2.45) is 0 Å². The largest absolute Gasteiger partial charge is 0.493 e. The summed E-state index contributed by atoms with van der Waals surface area (Å²) in [5, 5.41) is 26.1. The third-order valence-corrected chi connectivity index (χ3v) is 6.53. The molecule has 0 atom stereocenters. The molecule has 11 heteroatoms. The molecule has 5 aromatic rings. The Labute approximate surface area is 209 Å². The van der Waals surface area contributed by atoms with Gasteiger partial charge in [0.15, 0.2) is 28.1 Å². The minimum absolute atomic E-state index is 0.00915. The van der Waals surface area contributed by atoms with E-state index in [4.69, 9.17) is 24.7 Å². The number of nitro benzene ring substituents is 1. The van der Waals surface area contributed by atoms with Crippen molar-refractivity contribution in [1.82, 2.24) is 19.6 Å². The first-order valence-corrected chi connectivity index (χ1v) is 11.7. The van der Waals surface area contributed by atoms with Gasteiger partial charge in [-0.25, -0.2) is 9.97 Å². The van der Waals surface area contributed by atoms with E-state index in [2.05, 4.69) is 11.2 Å². The van der Waals surface area contributed by atoms with Crippen LogP contribution in [0.4, 0.5) is 5.69 Å². The van der Waals surface area contributed by atoms with Crippen LogP contribution in [0.2, 0.25) is 0 Å². The number of hydrogen-bond donors (Lipinski definition) is 0. The molecule has 2 aromatic heterocycles. The van der Waals surface area contributed by atoms with Crippen LogP contribution in [0.15, 0.2) is 65.8 Å². The first kappa shape index (κ1) is 23.1. The van der Waals surface area contributed by atoms with Crippen molar-refractivity contribution in [2.45, 2.75) is 10.9 Å². The molecular formula is C25H18N6O4S. The number of hydrogen-bond acceptors (Lipinski definition) is 9. The fraction of sp³-hybridized carbons (Fsp3) is 0.120. The SMILES string of the molecule is COc1cc2nc(SCc3ccc(C#N)cc3)n3nc(-c4ccc([N+](=O)[O-])cc4)nc3c2cc1OC. The lowest BCUT2D eigenvalue weighted by Crippen LogP contribution is -2.00. The second kappa shape index (κ2) is 9.52. The van der Waals surface area contributed by atoms with E-state index < -0.39 is 4.92 Å². The quantitative estimate of drug-likeness (QED) is 0.131. The van der Waals surface area contributed by atoms with Crippen LogP contribution in [0.5, 0.6) is 11.5 Å². The van der Waals surface area contributed by atoms with Gasteiger partial charge in [0, 0.05) is 34.9 Å². The number of non-ortho nitro benzene ring substituents is 1. The van der Waals surface area contributed by atoms with Crippen molar-refractivity contribution in [3.05, 3.63) is 81.9 Å². The van der Waals surface area contributed by atoms with E-state index in [-0.39, 0.29) is 5.69 Å². The first-order valence-electron chi connectivity index (χ1n) is 10.7. The molecule has 3 aromatic carbocycles. The highest BCUT2D eigenvalue weighted by atomic mass is 32.2. The highest BCUT2D eigenvalue weighted by Gasteiger charge is 2.18. The molecule has 0 amide bonds. The molecule has 10 nitrogen and oxygen atoms in total. The van der Waals surface area contributed by atoms with E-state index in [1.54, 1.807) is 55.1 Å². The smallest absolute Gasteiger partial charge is 0.269 e. The van der Waals surface area contributed by atoms with Crippen molar-refractivity contribution in [1.29, 1.82) is 5.26 Å². The van der Waals surface area contributed by atoms with Crippen molar-refractivity contribution in [3.8, 4) is 29.0 Å². The predicted molar refractivity (Wildman–Crippen MR) is 134 cm³/mol. The molecular weight excluding hydrogens is 480 g/mol. The van der Waals surface area contributed by atoms with Gasteiger partial charge in [-0.05, 0) is 35.9 Å². The predicted octanol–water partition coefficient (Wildman–Crippen LogP) is 5.03. The van der Waals surface area contributed by atoms with E-state index in [1.807, 2.05) is 12.1 Å². The summed E-state index contributed by atoms with van der Waals surface area (Å²) < 4.78 is 12.6. The molecule has 0 aliphatic heterocycles. The summed E-state index contributed by atoms with van der Waals surface area (Å²) in [6.45, 7) is 0. The van der Waals surface area contributed by atoms with Crippen molar-refractivity contribution in [3.63, 3.8) is 0 Å². The van der Waals surface area contributed by atoms with Gasteiger partial charge in [0.1, 0.15) is 0 Å². The summed E-state index contributed by atoms with van der Waals surface area (Å²) in [4.78, 5) is 20.2. The lowest BCUT2D eigenvalue weighted by molar-refractivity contribution is -0.384. The molecule has 0 saturated heterocycles. The molecule has 0 aliphatic carbocycles. The molecule has 5 rings (SSSR count). The zero-order chi connectivity index (χ0) is 25.2. The standard InChI is InChI=1S/C25H18N6O4S/c1-34-21-11-19-20(12-22(21)35-2)27-25(36-14-16-5-3-15(13-26)4-6-16)30-24(19)28-23(29-30)17-7-9-18(10-8-17)31(32)33/h3-12H,14H2,1-2H3. The van der Waals surface area contributed by atoms with Gasteiger partial charge in [-0.2, -0.15) is 9.78 Å². The Hall–Kier alpha value is -4.69. The number of benzene rings is 3. The van der Waals surface area contributed by atoms with Gasteiger partial charge in [0.25, 0.3) is 5.69 Å². The molecule has 0 aliphatic rings. The second-order valence-corrected chi connectivity index (χ2v) is 8.63. The van der Waals surface area contributed by atoms with Crippen molar-refractivity contribution in [2.75, 3.05) is 14.2 Å². The Morgan fingerprint density at radius 1 is 1.03 bits per heavy atom. The Bertz CT molecular complexity index is 1640.